The minimum Gasteiger partial charge on any atom is -0.348 e. The number of hydrogen-bond donors (Lipinski definition) is 1. The minimum absolute atomic E-state index is 0.0770. The van der Waals surface area contributed by atoms with Gasteiger partial charge in [-0.15, -0.1) is 0 Å². The molecule has 0 aliphatic heterocycles. The second kappa shape index (κ2) is 6.41. The van der Waals surface area contributed by atoms with Gasteiger partial charge in [-0.1, -0.05) is 22.9 Å². The largest absolute Gasteiger partial charge is 0.348 e. The van der Waals surface area contributed by atoms with Gasteiger partial charge in [-0.2, -0.15) is 5.26 Å². The quantitative estimate of drug-likeness (QED) is 0.927. The minimum atomic E-state index is -0.128. The third kappa shape index (κ3) is 4.20. The van der Waals surface area contributed by atoms with Crippen LogP contribution in [0.5, 0.6) is 0 Å². The zero-order chi connectivity index (χ0) is 12.8. The first-order valence-electron chi connectivity index (χ1n) is 5.51. The van der Waals surface area contributed by atoms with E-state index in [0.29, 0.717) is 12.0 Å². The van der Waals surface area contributed by atoms with Gasteiger partial charge in [-0.05, 0) is 37.1 Å². The highest BCUT2D eigenvalue weighted by Gasteiger charge is 2.12. The maximum Gasteiger partial charge on any atom is 0.251 e. The summed E-state index contributed by atoms with van der Waals surface area (Å²) in [6, 6.07) is 7.56. The summed E-state index contributed by atoms with van der Waals surface area (Å²) in [6.07, 6.45) is 1.10. The van der Waals surface area contributed by atoms with Crippen LogP contribution in [0.25, 0.3) is 0 Å². The number of aryl methyl sites for hydroxylation is 1. The molecule has 0 spiro atoms. The van der Waals surface area contributed by atoms with Gasteiger partial charge in [0, 0.05) is 16.1 Å². The van der Waals surface area contributed by atoms with E-state index in [0.717, 1.165) is 16.5 Å². The lowest BCUT2D eigenvalue weighted by molar-refractivity contribution is 0.0936. The van der Waals surface area contributed by atoms with Gasteiger partial charge in [-0.3, -0.25) is 4.79 Å². The van der Waals surface area contributed by atoms with Gasteiger partial charge < -0.3 is 5.32 Å². The lowest BCUT2D eigenvalue weighted by Gasteiger charge is -2.14. The molecule has 0 fully saturated rings. The fourth-order valence-corrected chi connectivity index (χ4v) is 2.15. The predicted octanol–water partition coefficient (Wildman–Crippen LogP) is 3.18. The highest BCUT2D eigenvalue weighted by atomic mass is 79.9. The Balaban J connectivity index is 2.79. The molecule has 1 amide bonds. The van der Waals surface area contributed by atoms with Crippen molar-refractivity contribution in [2.75, 3.05) is 0 Å². The normalized spacial score (nSPS) is 11.6. The van der Waals surface area contributed by atoms with Crippen molar-refractivity contribution >= 4 is 21.8 Å². The van der Waals surface area contributed by atoms with Crippen LogP contribution in [0.3, 0.4) is 0 Å². The first kappa shape index (κ1) is 13.7. The average Bonchev–Trinajstić information content (AvgIpc) is 2.27. The van der Waals surface area contributed by atoms with Gasteiger partial charge in [0.15, 0.2) is 0 Å². The van der Waals surface area contributed by atoms with Crippen molar-refractivity contribution in [3.05, 3.63) is 33.8 Å². The average molecular weight is 295 g/mol. The molecule has 0 aliphatic carbocycles. The zero-order valence-corrected chi connectivity index (χ0v) is 11.5. The number of rotatable bonds is 4. The number of nitrogens with zero attached hydrogens (tertiary/aromatic N) is 1. The fourth-order valence-electron chi connectivity index (χ4n) is 1.54. The van der Waals surface area contributed by atoms with Crippen LogP contribution in [0.15, 0.2) is 22.7 Å². The molecule has 4 heteroatoms. The van der Waals surface area contributed by atoms with E-state index in [1.54, 1.807) is 6.07 Å². The van der Waals surface area contributed by atoms with Gasteiger partial charge in [-0.25, -0.2) is 0 Å². The van der Waals surface area contributed by atoms with Gasteiger partial charge in [0.05, 0.1) is 12.5 Å². The van der Waals surface area contributed by atoms with Crippen molar-refractivity contribution < 1.29 is 4.79 Å². The molecule has 1 atom stereocenters. The second-order valence-corrected chi connectivity index (χ2v) is 4.87. The molecule has 1 N–H and O–H groups in total. The number of halogens is 1. The summed E-state index contributed by atoms with van der Waals surface area (Å²) in [4.78, 5) is 12.0. The molecular formula is C13H15BrN2O. The molecule has 3 nitrogen and oxygen atoms in total. The van der Waals surface area contributed by atoms with Crippen LogP contribution >= 0.6 is 15.9 Å². The molecule has 90 valence electrons. The van der Waals surface area contributed by atoms with Crippen molar-refractivity contribution in [3.8, 4) is 6.07 Å². The van der Waals surface area contributed by atoms with Crippen molar-refractivity contribution in [2.45, 2.75) is 32.7 Å². The molecule has 0 heterocycles. The Morgan fingerprint density at radius 3 is 2.76 bits per heavy atom. The van der Waals surface area contributed by atoms with E-state index in [2.05, 4.69) is 27.3 Å². The van der Waals surface area contributed by atoms with Crippen molar-refractivity contribution in [1.29, 1.82) is 5.26 Å². The van der Waals surface area contributed by atoms with E-state index in [1.807, 2.05) is 26.0 Å². The molecule has 0 saturated carbocycles. The van der Waals surface area contributed by atoms with Gasteiger partial charge in [0.1, 0.15) is 0 Å². The summed E-state index contributed by atoms with van der Waals surface area (Å²) < 4.78 is 0.885. The fraction of sp³-hybridized carbons (Fsp3) is 0.385. The van der Waals surface area contributed by atoms with Crippen LogP contribution in [-0.4, -0.2) is 11.9 Å². The summed E-state index contributed by atoms with van der Waals surface area (Å²) >= 11 is 3.36. The monoisotopic (exact) mass is 294 g/mol. The first-order chi connectivity index (χ1) is 8.06. The Morgan fingerprint density at radius 1 is 1.53 bits per heavy atom. The molecule has 0 saturated heterocycles. The maximum absolute atomic E-state index is 12.0. The van der Waals surface area contributed by atoms with Gasteiger partial charge in [0.2, 0.25) is 0 Å². The lowest BCUT2D eigenvalue weighted by atomic mass is 10.1. The van der Waals surface area contributed by atoms with Crippen molar-refractivity contribution in [3.63, 3.8) is 0 Å². The predicted molar refractivity (Wildman–Crippen MR) is 70.7 cm³/mol. The van der Waals surface area contributed by atoms with Crippen molar-refractivity contribution in [2.24, 2.45) is 0 Å². The van der Waals surface area contributed by atoms with Crippen LogP contribution in [0.1, 0.15) is 35.7 Å². The van der Waals surface area contributed by atoms with Gasteiger partial charge in [0.25, 0.3) is 5.91 Å². The summed E-state index contributed by atoms with van der Waals surface area (Å²) in [5.74, 6) is -0.128. The zero-order valence-electron chi connectivity index (χ0n) is 9.96. The molecule has 1 aromatic rings. The van der Waals surface area contributed by atoms with E-state index >= 15 is 0 Å². The summed E-state index contributed by atoms with van der Waals surface area (Å²) in [7, 11) is 0. The molecule has 0 aliphatic rings. The molecule has 17 heavy (non-hydrogen) atoms. The Labute approximate surface area is 110 Å². The molecular weight excluding hydrogens is 280 g/mol. The molecule has 0 aromatic heterocycles. The topological polar surface area (TPSA) is 52.9 Å². The Hall–Kier alpha value is -1.34. The van der Waals surface area contributed by atoms with Crippen LogP contribution in [0.2, 0.25) is 0 Å². The third-order valence-corrected chi connectivity index (χ3v) is 2.93. The molecule has 0 bridgehead atoms. The summed E-state index contributed by atoms with van der Waals surface area (Å²) in [5, 5.41) is 11.5. The summed E-state index contributed by atoms with van der Waals surface area (Å²) in [5.41, 5.74) is 1.64. The van der Waals surface area contributed by atoms with Crippen LogP contribution < -0.4 is 5.32 Å². The number of hydrogen-bond acceptors (Lipinski definition) is 2. The SMILES string of the molecule is CCC(CC#N)NC(=O)c1cc(C)cc(Br)c1. The van der Waals surface area contributed by atoms with Crippen LogP contribution in [0.4, 0.5) is 0 Å². The number of benzene rings is 1. The Kier molecular flexibility index (Phi) is 5.17. The highest BCUT2D eigenvalue weighted by molar-refractivity contribution is 9.10. The number of carbonyl (C=O) groups excluding carboxylic acids is 1. The van der Waals surface area contributed by atoms with Crippen molar-refractivity contribution in [1.82, 2.24) is 5.32 Å². The number of amides is 1. The number of nitrogens with one attached hydrogen (secondary N) is 1. The van der Waals surface area contributed by atoms with E-state index in [4.69, 9.17) is 5.26 Å². The van der Waals surface area contributed by atoms with Gasteiger partial charge >= 0.3 is 0 Å². The molecule has 1 rings (SSSR count). The molecule has 1 unspecified atom stereocenters. The van der Waals surface area contributed by atoms with E-state index in [1.165, 1.54) is 0 Å². The summed E-state index contributed by atoms with van der Waals surface area (Å²) in [6.45, 7) is 3.89. The maximum atomic E-state index is 12.0. The lowest BCUT2D eigenvalue weighted by Crippen LogP contribution is -2.34. The Morgan fingerprint density at radius 2 is 2.24 bits per heavy atom. The Bertz CT molecular complexity index is 431. The number of carbonyl (C=O) groups is 1. The van der Waals surface area contributed by atoms with Crippen LogP contribution in [0, 0.1) is 18.3 Å². The smallest absolute Gasteiger partial charge is 0.251 e. The van der Waals surface area contributed by atoms with E-state index in [-0.39, 0.29) is 11.9 Å². The third-order valence-electron chi connectivity index (χ3n) is 2.47. The van der Waals surface area contributed by atoms with E-state index < -0.39 is 0 Å². The molecule has 0 radical (unpaired) electrons. The standard InChI is InChI=1S/C13H15BrN2O/c1-3-12(4-5-15)16-13(17)10-6-9(2)7-11(14)8-10/h6-8,12H,3-4H2,1-2H3,(H,16,17). The highest BCUT2D eigenvalue weighted by Crippen LogP contribution is 2.15. The van der Waals surface area contributed by atoms with E-state index in [9.17, 15) is 4.79 Å². The molecule has 1 aromatic carbocycles. The second-order valence-electron chi connectivity index (χ2n) is 3.96. The first-order valence-corrected chi connectivity index (χ1v) is 6.31. The van der Waals surface area contributed by atoms with Crippen LogP contribution in [-0.2, 0) is 0 Å². The number of nitriles is 1.